The Bertz CT molecular complexity index is 597. The number of hydrogen-bond donors (Lipinski definition) is 0. The van der Waals surface area contributed by atoms with Crippen molar-refractivity contribution in [2.75, 3.05) is 26.2 Å². The molecule has 0 bridgehead atoms. The molecular formula is C16H21N3O2. The van der Waals surface area contributed by atoms with Crippen LogP contribution in [0, 0.1) is 13.8 Å². The molecule has 2 heterocycles. The van der Waals surface area contributed by atoms with E-state index in [4.69, 9.17) is 9.26 Å². The molecule has 0 radical (unpaired) electrons. The molecule has 2 aromatic rings. The van der Waals surface area contributed by atoms with E-state index >= 15 is 0 Å². The van der Waals surface area contributed by atoms with Crippen LogP contribution in [0.4, 0.5) is 0 Å². The lowest BCUT2D eigenvalue weighted by molar-refractivity contribution is 0.232. The highest BCUT2D eigenvalue weighted by molar-refractivity contribution is 5.31. The van der Waals surface area contributed by atoms with Crippen LogP contribution in [0.15, 0.2) is 28.8 Å². The fraction of sp³-hybridized carbons (Fsp3) is 0.500. The lowest BCUT2D eigenvalue weighted by Gasteiger charge is -2.16. The van der Waals surface area contributed by atoms with Gasteiger partial charge in [-0.1, -0.05) is 23.4 Å². The van der Waals surface area contributed by atoms with Crippen LogP contribution < -0.4 is 4.74 Å². The van der Waals surface area contributed by atoms with Crippen LogP contribution in [0.2, 0.25) is 0 Å². The van der Waals surface area contributed by atoms with E-state index in [1.807, 2.05) is 25.1 Å². The Kier molecular flexibility index (Phi) is 4.20. The van der Waals surface area contributed by atoms with E-state index in [1.165, 1.54) is 5.56 Å². The summed E-state index contributed by atoms with van der Waals surface area (Å²) in [6.45, 7) is 7.59. The summed E-state index contributed by atoms with van der Waals surface area (Å²) < 4.78 is 11.1. The molecule has 1 saturated heterocycles. The van der Waals surface area contributed by atoms with Crippen LogP contribution in [-0.2, 0) is 0 Å². The van der Waals surface area contributed by atoms with Crippen LogP contribution in [0.3, 0.4) is 0 Å². The summed E-state index contributed by atoms with van der Waals surface area (Å²) in [5, 5.41) is 3.87. The lowest BCUT2D eigenvalue weighted by Crippen LogP contribution is -2.26. The summed E-state index contributed by atoms with van der Waals surface area (Å²) in [6, 6.07) is 8.12. The van der Waals surface area contributed by atoms with E-state index in [1.54, 1.807) is 0 Å². The summed E-state index contributed by atoms with van der Waals surface area (Å²) >= 11 is 0. The molecule has 0 N–H and O–H groups in total. The third-order valence-electron chi connectivity index (χ3n) is 3.92. The number of rotatable bonds is 5. The van der Waals surface area contributed by atoms with Gasteiger partial charge in [-0.15, -0.1) is 0 Å². The Balaban J connectivity index is 1.46. The van der Waals surface area contributed by atoms with Gasteiger partial charge in [-0.25, -0.2) is 0 Å². The largest absolute Gasteiger partial charge is 0.492 e. The topological polar surface area (TPSA) is 51.4 Å². The molecule has 112 valence electrons. The lowest BCUT2D eigenvalue weighted by atomic mass is 10.1. The highest BCUT2D eigenvalue weighted by Crippen LogP contribution is 2.25. The van der Waals surface area contributed by atoms with Crippen molar-refractivity contribution in [2.24, 2.45) is 0 Å². The zero-order valence-corrected chi connectivity index (χ0v) is 12.6. The molecule has 1 aromatic carbocycles. The van der Waals surface area contributed by atoms with Gasteiger partial charge < -0.3 is 9.26 Å². The summed E-state index contributed by atoms with van der Waals surface area (Å²) in [7, 11) is 0. The van der Waals surface area contributed by atoms with Crippen LogP contribution in [0.5, 0.6) is 5.75 Å². The predicted molar refractivity (Wildman–Crippen MR) is 79.5 cm³/mol. The summed E-state index contributed by atoms with van der Waals surface area (Å²) in [4.78, 5) is 6.72. The number of nitrogens with zero attached hydrogens (tertiary/aromatic N) is 3. The van der Waals surface area contributed by atoms with E-state index < -0.39 is 0 Å². The number of ether oxygens (including phenoxy) is 1. The van der Waals surface area contributed by atoms with Crippen molar-refractivity contribution in [1.29, 1.82) is 0 Å². The van der Waals surface area contributed by atoms with Crippen LogP contribution in [0.25, 0.3) is 0 Å². The number of benzene rings is 1. The molecule has 1 unspecified atom stereocenters. The first-order valence-electron chi connectivity index (χ1n) is 7.43. The highest BCUT2D eigenvalue weighted by atomic mass is 16.5. The smallest absolute Gasteiger partial charge is 0.231 e. The van der Waals surface area contributed by atoms with E-state index in [0.29, 0.717) is 18.3 Å². The fourth-order valence-electron chi connectivity index (χ4n) is 2.72. The second kappa shape index (κ2) is 6.26. The Hall–Kier alpha value is -1.88. The maximum Gasteiger partial charge on any atom is 0.231 e. The molecule has 5 nitrogen and oxygen atoms in total. The molecule has 1 atom stereocenters. The van der Waals surface area contributed by atoms with Crippen molar-refractivity contribution in [3.05, 3.63) is 41.5 Å². The Morgan fingerprint density at radius 3 is 2.95 bits per heavy atom. The molecule has 1 aromatic heterocycles. The Morgan fingerprint density at radius 1 is 1.33 bits per heavy atom. The fourth-order valence-corrected chi connectivity index (χ4v) is 2.72. The van der Waals surface area contributed by atoms with Crippen molar-refractivity contribution in [2.45, 2.75) is 26.2 Å². The average molecular weight is 287 g/mol. The number of aromatic nitrogens is 2. The van der Waals surface area contributed by atoms with Gasteiger partial charge in [0.15, 0.2) is 5.82 Å². The van der Waals surface area contributed by atoms with Crippen molar-refractivity contribution in [1.82, 2.24) is 15.0 Å². The van der Waals surface area contributed by atoms with Gasteiger partial charge in [-0.05, 0) is 38.4 Å². The molecule has 1 aliphatic heterocycles. The second-order valence-electron chi connectivity index (χ2n) is 5.58. The van der Waals surface area contributed by atoms with Gasteiger partial charge in [0.25, 0.3) is 0 Å². The van der Waals surface area contributed by atoms with Crippen LogP contribution in [-0.4, -0.2) is 41.3 Å². The van der Waals surface area contributed by atoms with Crippen LogP contribution in [0.1, 0.15) is 29.6 Å². The van der Waals surface area contributed by atoms with Crippen molar-refractivity contribution in [3.63, 3.8) is 0 Å². The van der Waals surface area contributed by atoms with Gasteiger partial charge in [0.1, 0.15) is 12.4 Å². The van der Waals surface area contributed by atoms with Gasteiger partial charge in [0.05, 0.1) is 5.92 Å². The van der Waals surface area contributed by atoms with Gasteiger partial charge in [0.2, 0.25) is 5.89 Å². The molecule has 21 heavy (non-hydrogen) atoms. The minimum atomic E-state index is 0.365. The van der Waals surface area contributed by atoms with E-state index in [-0.39, 0.29) is 0 Å². The van der Waals surface area contributed by atoms with Gasteiger partial charge in [-0.3, -0.25) is 4.90 Å². The highest BCUT2D eigenvalue weighted by Gasteiger charge is 2.27. The summed E-state index contributed by atoms with van der Waals surface area (Å²) in [5.74, 6) is 2.83. The zero-order chi connectivity index (χ0) is 14.7. The number of likely N-dealkylation sites (tertiary alicyclic amines) is 1. The van der Waals surface area contributed by atoms with E-state index in [0.717, 1.165) is 37.7 Å². The number of aryl methyl sites for hydroxylation is 2. The maximum atomic E-state index is 5.85. The average Bonchev–Trinajstić information content (AvgIpc) is 3.10. The quantitative estimate of drug-likeness (QED) is 0.846. The van der Waals surface area contributed by atoms with Crippen molar-refractivity contribution in [3.8, 4) is 5.75 Å². The minimum absolute atomic E-state index is 0.365. The Morgan fingerprint density at radius 2 is 2.19 bits per heavy atom. The van der Waals surface area contributed by atoms with Gasteiger partial charge in [0, 0.05) is 13.1 Å². The monoisotopic (exact) mass is 287 g/mol. The van der Waals surface area contributed by atoms with E-state index in [9.17, 15) is 0 Å². The molecule has 0 amide bonds. The van der Waals surface area contributed by atoms with E-state index in [2.05, 4.69) is 28.0 Å². The number of hydrogen-bond acceptors (Lipinski definition) is 5. The standard InChI is InChI=1S/C16H21N3O2/c1-12-5-3-4-6-15(12)20-10-9-19-8-7-14(11-19)16-17-13(2)18-21-16/h3-6,14H,7-11H2,1-2H3. The molecule has 0 saturated carbocycles. The predicted octanol–water partition coefficient (Wildman–Crippen LogP) is 2.55. The molecule has 1 fully saturated rings. The molecule has 0 aliphatic carbocycles. The van der Waals surface area contributed by atoms with Gasteiger partial charge in [-0.2, -0.15) is 4.98 Å². The summed E-state index contributed by atoms with van der Waals surface area (Å²) in [6.07, 6.45) is 1.08. The Labute approximate surface area is 124 Å². The normalized spacial score (nSPS) is 19.0. The minimum Gasteiger partial charge on any atom is -0.492 e. The first-order valence-corrected chi connectivity index (χ1v) is 7.43. The van der Waals surface area contributed by atoms with Crippen molar-refractivity contribution < 1.29 is 9.26 Å². The SMILES string of the molecule is Cc1noc(C2CCN(CCOc3ccccc3C)C2)n1. The second-order valence-corrected chi connectivity index (χ2v) is 5.58. The first-order chi connectivity index (χ1) is 10.2. The van der Waals surface area contributed by atoms with Crippen LogP contribution >= 0.6 is 0 Å². The molecular weight excluding hydrogens is 266 g/mol. The molecule has 0 spiro atoms. The zero-order valence-electron chi connectivity index (χ0n) is 12.6. The van der Waals surface area contributed by atoms with Gasteiger partial charge >= 0.3 is 0 Å². The summed E-state index contributed by atoms with van der Waals surface area (Å²) in [5.41, 5.74) is 1.18. The first kappa shape index (κ1) is 14.1. The maximum absolute atomic E-state index is 5.85. The third-order valence-corrected chi connectivity index (χ3v) is 3.92. The molecule has 1 aliphatic rings. The molecule has 3 rings (SSSR count). The number of para-hydroxylation sites is 1. The molecule has 5 heteroatoms. The third kappa shape index (κ3) is 3.42. The van der Waals surface area contributed by atoms with Crippen molar-refractivity contribution >= 4 is 0 Å².